The zero-order valence-corrected chi connectivity index (χ0v) is 15.2. The summed E-state index contributed by atoms with van der Waals surface area (Å²) < 4.78 is 5.24. The number of piperidine rings is 1. The Labute approximate surface area is 155 Å². The Morgan fingerprint density at radius 1 is 1.11 bits per heavy atom. The molecular weight excluding hydrogens is 346 g/mol. The van der Waals surface area contributed by atoms with Gasteiger partial charge in [-0.2, -0.15) is 0 Å². The van der Waals surface area contributed by atoms with Crippen LogP contribution in [-0.2, 0) is 0 Å². The quantitative estimate of drug-likeness (QED) is 0.700. The number of rotatable bonds is 2. The predicted molar refractivity (Wildman–Crippen MR) is 97.3 cm³/mol. The Hall–Kier alpha value is -3.00. The third kappa shape index (κ3) is 2.48. The third-order valence-corrected chi connectivity index (χ3v) is 5.43. The molecule has 3 aromatic rings. The number of hydrogen-bond acceptors (Lipinski definition) is 6. The molecule has 138 valence electrons. The summed E-state index contributed by atoms with van der Waals surface area (Å²) in [6, 6.07) is 5.17. The Morgan fingerprint density at radius 3 is 2.48 bits per heavy atom. The van der Waals surface area contributed by atoms with Crippen molar-refractivity contribution in [3.8, 4) is 11.6 Å². The van der Waals surface area contributed by atoms with Gasteiger partial charge in [0.2, 0.25) is 5.76 Å². The van der Waals surface area contributed by atoms with Gasteiger partial charge in [0.1, 0.15) is 0 Å². The molecule has 2 aliphatic rings. The van der Waals surface area contributed by atoms with Gasteiger partial charge in [0, 0.05) is 12.1 Å². The van der Waals surface area contributed by atoms with Gasteiger partial charge >= 0.3 is 0 Å². The molecule has 0 spiro atoms. The number of hydrogen-bond donors (Lipinski definition) is 1. The molecule has 1 saturated heterocycles. The van der Waals surface area contributed by atoms with Crippen molar-refractivity contribution < 1.29 is 14.1 Å². The fourth-order valence-corrected chi connectivity index (χ4v) is 3.94. The standard InChI is InChI=1S/C19H19N5O3/c1-10-7-16(27-22-10)17-20-14-8-12-13(9-15(14)21-17)19(26)24(18(12)25)11-3-5-23(2)6-4-11/h7-9,11H,3-6H2,1-2H3,(H,20,21). The van der Waals surface area contributed by atoms with Gasteiger partial charge in [-0.25, -0.2) is 4.98 Å². The number of nitrogens with one attached hydrogen (secondary N) is 1. The number of carbonyl (C=O) groups is 2. The molecular formula is C19H19N5O3. The topological polar surface area (TPSA) is 95.3 Å². The van der Waals surface area contributed by atoms with Crippen molar-refractivity contribution in [2.45, 2.75) is 25.8 Å². The number of fused-ring (bicyclic) bond motifs is 2. The molecule has 27 heavy (non-hydrogen) atoms. The molecule has 5 rings (SSSR count). The minimum absolute atomic E-state index is 0.0346. The van der Waals surface area contributed by atoms with Crippen molar-refractivity contribution >= 4 is 22.8 Å². The highest BCUT2D eigenvalue weighted by Crippen LogP contribution is 2.32. The fraction of sp³-hybridized carbons (Fsp3) is 0.368. The summed E-state index contributed by atoms with van der Waals surface area (Å²) in [5.74, 6) is 0.625. The number of aromatic nitrogens is 3. The normalized spacial score (nSPS) is 18.7. The molecule has 1 fully saturated rings. The number of imide groups is 1. The summed E-state index contributed by atoms with van der Waals surface area (Å²) in [5, 5.41) is 3.86. The minimum Gasteiger partial charge on any atom is -0.353 e. The Balaban J connectivity index is 1.52. The summed E-state index contributed by atoms with van der Waals surface area (Å²) in [5.41, 5.74) is 2.95. The summed E-state index contributed by atoms with van der Waals surface area (Å²) >= 11 is 0. The first-order valence-corrected chi connectivity index (χ1v) is 9.05. The van der Waals surface area contributed by atoms with Crippen LogP contribution in [-0.4, -0.2) is 62.9 Å². The molecule has 0 bridgehead atoms. The molecule has 8 nitrogen and oxygen atoms in total. The van der Waals surface area contributed by atoms with Crippen molar-refractivity contribution in [2.24, 2.45) is 0 Å². The highest BCUT2D eigenvalue weighted by Gasteiger charge is 2.41. The number of aryl methyl sites for hydroxylation is 1. The molecule has 8 heteroatoms. The van der Waals surface area contributed by atoms with Gasteiger partial charge in [-0.15, -0.1) is 0 Å². The zero-order chi connectivity index (χ0) is 18.7. The lowest BCUT2D eigenvalue weighted by Crippen LogP contribution is -2.46. The SMILES string of the molecule is Cc1cc(-c2nc3cc4c(cc3[nH]2)C(=O)N(C2CCN(C)CC2)C4=O)on1. The number of nitrogens with zero attached hydrogens (tertiary/aromatic N) is 4. The zero-order valence-electron chi connectivity index (χ0n) is 15.2. The number of aromatic amines is 1. The second-order valence-electron chi connectivity index (χ2n) is 7.35. The molecule has 2 amide bonds. The van der Waals surface area contributed by atoms with Crippen molar-refractivity contribution in [1.82, 2.24) is 24.9 Å². The Bertz CT molecular complexity index is 1020. The van der Waals surface area contributed by atoms with E-state index in [-0.39, 0.29) is 17.9 Å². The molecule has 4 heterocycles. The van der Waals surface area contributed by atoms with E-state index in [4.69, 9.17) is 4.52 Å². The van der Waals surface area contributed by atoms with Crippen LogP contribution in [0.4, 0.5) is 0 Å². The summed E-state index contributed by atoms with van der Waals surface area (Å²) in [7, 11) is 2.06. The van der Waals surface area contributed by atoms with Crippen LogP contribution >= 0.6 is 0 Å². The number of carbonyl (C=O) groups excluding carboxylic acids is 2. The summed E-state index contributed by atoms with van der Waals surface area (Å²) in [6.45, 7) is 3.61. The van der Waals surface area contributed by atoms with Crippen LogP contribution in [0.25, 0.3) is 22.6 Å². The maximum absolute atomic E-state index is 12.9. The van der Waals surface area contributed by atoms with Crippen LogP contribution in [0.3, 0.4) is 0 Å². The Kier molecular flexibility index (Phi) is 3.45. The first-order valence-electron chi connectivity index (χ1n) is 9.05. The van der Waals surface area contributed by atoms with Crippen LogP contribution in [0, 0.1) is 6.92 Å². The van der Waals surface area contributed by atoms with Crippen LogP contribution in [0.2, 0.25) is 0 Å². The van der Waals surface area contributed by atoms with E-state index < -0.39 is 0 Å². The minimum atomic E-state index is -0.216. The molecule has 1 aromatic carbocycles. The summed E-state index contributed by atoms with van der Waals surface area (Å²) in [6.07, 6.45) is 1.63. The molecule has 2 aromatic heterocycles. The number of imidazole rings is 1. The Morgan fingerprint density at radius 2 is 1.81 bits per heavy atom. The van der Waals surface area contributed by atoms with E-state index in [1.165, 1.54) is 4.90 Å². The van der Waals surface area contributed by atoms with Gasteiger partial charge in [-0.05, 0) is 52.0 Å². The first kappa shape index (κ1) is 16.2. The monoisotopic (exact) mass is 365 g/mol. The van der Waals surface area contributed by atoms with Gasteiger partial charge in [0.05, 0.1) is 27.9 Å². The maximum Gasteiger partial charge on any atom is 0.261 e. The highest BCUT2D eigenvalue weighted by molar-refractivity contribution is 6.23. The second-order valence-corrected chi connectivity index (χ2v) is 7.35. The molecule has 0 radical (unpaired) electrons. The summed E-state index contributed by atoms with van der Waals surface area (Å²) in [4.78, 5) is 37.2. The van der Waals surface area contributed by atoms with Gasteiger partial charge in [-0.3, -0.25) is 14.5 Å². The van der Waals surface area contributed by atoms with Crippen LogP contribution < -0.4 is 0 Å². The van der Waals surface area contributed by atoms with E-state index in [1.807, 2.05) is 6.92 Å². The highest BCUT2D eigenvalue weighted by atomic mass is 16.5. The lowest BCUT2D eigenvalue weighted by Gasteiger charge is -2.33. The number of benzene rings is 1. The van der Waals surface area contributed by atoms with E-state index >= 15 is 0 Å². The smallest absolute Gasteiger partial charge is 0.261 e. The molecule has 1 N–H and O–H groups in total. The predicted octanol–water partition coefficient (Wildman–Crippen LogP) is 2.22. The van der Waals surface area contributed by atoms with Crippen molar-refractivity contribution in [1.29, 1.82) is 0 Å². The lowest BCUT2D eigenvalue weighted by molar-refractivity contribution is 0.0516. The van der Waals surface area contributed by atoms with Crippen LogP contribution in [0.15, 0.2) is 22.7 Å². The van der Waals surface area contributed by atoms with Gasteiger partial charge in [0.15, 0.2) is 5.82 Å². The molecule has 0 unspecified atom stereocenters. The lowest BCUT2D eigenvalue weighted by atomic mass is 10.0. The second kappa shape index (κ2) is 5.75. The molecule has 0 aliphatic carbocycles. The first-order chi connectivity index (χ1) is 13.0. The van der Waals surface area contributed by atoms with E-state index in [2.05, 4.69) is 27.1 Å². The van der Waals surface area contributed by atoms with E-state index in [0.29, 0.717) is 33.7 Å². The average molecular weight is 365 g/mol. The van der Waals surface area contributed by atoms with E-state index in [9.17, 15) is 9.59 Å². The van der Waals surface area contributed by atoms with Crippen molar-refractivity contribution in [2.75, 3.05) is 20.1 Å². The van der Waals surface area contributed by atoms with E-state index in [0.717, 1.165) is 31.6 Å². The molecule has 0 atom stereocenters. The number of likely N-dealkylation sites (tertiary alicyclic amines) is 1. The van der Waals surface area contributed by atoms with Gasteiger partial charge in [-0.1, -0.05) is 5.16 Å². The van der Waals surface area contributed by atoms with Crippen molar-refractivity contribution in [3.05, 3.63) is 35.0 Å². The fourth-order valence-electron chi connectivity index (χ4n) is 3.94. The van der Waals surface area contributed by atoms with Crippen molar-refractivity contribution in [3.63, 3.8) is 0 Å². The average Bonchev–Trinajstić information content (AvgIpc) is 3.32. The number of amides is 2. The number of H-pyrrole nitrogens is 1. The maximum atomic E-state index is 12.9. The molecule has 0 saturated carbocycles. The third-order valence-electron chi connectivity index (χ3n) is 5.43. The van der Waals surface area contributed by atoms with Gasteiger partial charge in [0.25, 0.3) is 11.8 Å². The van der Waals surface area contributed by atoms with Gasteiger partial charge < -0.3 is 14.4 Å². The van der Waals surface area contributed by atoms with Crippen LogP contribution in [0.5, 0.6) is 0 Å². The largest absolute Gasteiger partial charge is 0.353 e. The van der Waals surface area contributed by atoms with Crippen LogP contribution in [0.1, 0.15) is 39.3 Å². The van der Waals surface area contributed by atoms with E-state index in [1.54, 1.807) is 18.2 Å². The molecule has 2 aliphatic heterocycles.